The molecule has 1 fully saturated rings. The third-order valence-corrected chi connectivity index (χ3v) is 4.37. The molecule has 0 radical (unpaired) electrons. The highest BCUT2D eigenvalue weighted by atomic mass is 32.2. The number of aliphatic carboxylic acids is 1. The summed E-state index contributed by atoms with van der Waals surface area (Å²) < 4.78 is 1.75. The zero-order chi connectivity index (χ0) is 12.5. The van der Waals surface area contributed by atoms with Gasteiger partial charge in [-0.15, -0.1) is 11.8 Å². The van der Waals surface area contributed by atoms with Crippen molar-refractivity contribution in [1.82, 2.24) is 9.78 Å². The smallest absolute Gasteiger partial charge is 0.323 e. The fourth-order valence-electron chi connectivity index (χ4n) is 2.20. The Hall–Kier alpha value is -1.01. The molecule has 2 rings (SSSR count). The number of nitrogens with zero attached hydrogens (tertiary/aromatic N) is 2. The van der Waals surface area contributed by atoms with E-state index in [4.69, 9.17) is 10.8 Å². The molecule has 2 atom stereocenters. The summed E-state index contributed by atoms with van der Waals surface area (Å²) in [6.07, 6.45) is 6.75. The fourth-order valence-corrected chi connectivity index (χ4v) is 3.57. The van der Waals surface area contributed by atoms with Gasteiger partial charge in [-0.1, -0.05) is 0 Å². The topological polar surface area (TPSA) is 81.1 Å². The van der Waals surface area contributed by atoms with Crippen molar-refractivity contribution in [2.45, 2.75) is 41.4 Å². The molecule has 1 aliphatic carbocycles. The quantitative estimate of drug-likeness (QED) is 0.849. The second-order valence-corrected chi connectivity index (χ2v) is 6.02. The van der Waals surface area contributed by atoms with E-state index in [1.54, 1.807) is 22.6 Å². The second-order valence-electron chi connectivity index (χ2n) is 4.65. The first-order valence-corrected chi connectivity index (χ1v) is 6.55. The zero-order valence-corrected chi connectivity index (χ0v) is 10.6. The standard InChI is InChI=1S/C11H17N3O2S/c1-14-7-9(6-13-14)17-8-3-2-4-11(12,5-8)10(15)16/h6-8H,2-5,12H2,1H3,(H,15,16). The molecule has 94 valence electrons. The third kappa shape index (κ3) is 2.81. The number of aryl methyl sites for hydroxylation is 1. The molecule has 1 saturated carbocycles. The lowest BCUT2D eigenvalue weighted by Gasteiger charge is -2.33. The van der Waals surface area contributed by atoms with Crippen molar-refractivity contribution in [3.8, 4) is 0 Å². The van der Waals surface area contributed by atoms with E-state index in [2.05, 4.69) is 5.10 Å². The van der Waals surface area contributed by atoms with Crippen LogP contribution in [0.4, 0.5) is 0 Å². The van der Waals surface area contributed by atoms with Gasteiger partial charge in [-0.25, -0.2) is 0 Å². The van der Waals surface area contributed by atoms with Crippen LogP contribution in [0.2, 0.25) is 0 Å². The molecule has 0 aliphatic heterocycles. The van der Waals surface area contributed by atoms with Crippen LogP contribution >= 0.6 is 11.8 Å². The largest absolute Gasteiger partial charge is 0.480 e. The van der Waals surface area contributed by atoms with Crippen molar-refractivity contribution in [2.75, 3.05) is 0 Å². The Labute approximate surface area is 104 Å². The highest BCUT2D eigenvalue weighted by Crippen LogP contribution is 2.37. The van der Waals surface area contributed by atoms with E-state index < -0.39 is 11.5 Å². The van der Waals surface area contributed by atoms with Crippen LogP contribution in [0.5, 0.6) is 0 Å². The molecule has 2 unspecified atom stereocenters. The number of hydrogen-bond donors (Lipinski definition) is 2. The molecule has 0 spiro atoms. The summed E-state index contributed by atoms with van der Waals surface area (Å²) in [5.41, 5.74) is 4.87. The third-order valence-electron chi connectivity index (χ3n) is 3.15. The Morgan fingerprint density at radius 1 is 1.76 bits per heavy atom. The highest BCUT2D eigenvalue weighted by Gasteiger charge is 2.39. The fraction of sp³-hybridized carbons (Fsp3) is 0.636. The summed E-state index contributed by atoms with van der Waals surface area (Å²) >= 11 is 1.68. The maximum absolute atomic E-state index is 11.1. The Bertz CT molecular complexity index is 421. The van der Waals surface area contributed by atoms with Gasteiger partial charge in [-0.3, -0.25) is 9.48 Å². The number of hydrogen-bond acceptors (Lipinski definition) is 4. The van der Waals surface area contributed by atoms with Crippen LogP contribution in [0.3, 0.4) is 0 Å². The zero-order valence-electron chi connectivity index (χ0n) is 9.80. The minimum Gasteiger partial charge on any atom is -0.480 e. The molecule has 1 aliphatic rings. The van der Waals surface area contributed by atoms with Gasteiger partial charge in [0.1, 0.15) is 5.54 Å². The summed E-state index contributed by atoms with van der Waals surface area (Å²) in [5.74, 6) is -0.881. The molecule has 1 aromatic heterocycles. The molecule has 3 N–H and O–H groups in total. The van der Waals surface area contributed by atoms with Gasteiger partial charge in [0.15, 0.2) is 0 Å². The first-order chi connectivity index (χ1) is 7.99. The van der Waals surface area contributed by atoms with Gasteiger partial charge in [-0.05, 0) is 25.7 Å². The van der Waals surface area contributed by atoms with E-state index in [1.807, 2.05) is 13.2 Å². The maximum Gasteiger partial charge on any atom is 0.323 e. The van der Waals surface area contributed by atoms with Crippen molar-refractivity contribution >= 4 is 17.7 Å². The van der Waals surface area contributed by atoms with Crippen LogP contribution in [0.15, 0.2) is 17.3 Å². The van der Waals surface area contributed by atoms with Gasteiger partial charge < -0.3 is 10.8 Å². The molecular weight excluding hydrogens is 238 g/mol. The monoisotopic (exact) mass is 255 g/mol. The average molecular weight is 255 g/mol. The van der Waals surface area contributed by atoms with E-state index in [0.717, 1.165) is 17.7 Å². The van der Waals surface area contributed by atoms with Gasteiger partial charge in [0.2, 0.25) is 0 Å². The van der Waals surface area contributed by atoms with E-state index in [-0.39, 0.29) is 5.25 Å². The lowest BCUT2D eigenvalue weighted by Crippen LogP contribution is -2.51. The van der Waals surface area contributed by atoms with E-state index in [9.17, 15) is 4.79 Å². The number of thioether (sulfide) groups is 1. The molecule has 0 aromatic carbocycles. The molecule has 0 saturated heterocycles. The first kappa shape index (κ1) is 12.4. The van der Waals surface area contributed by atoms with Gasteiger partial charge >= 0.3 is 5.97 Å². The summed E-state index contributed by atoms with van der Waals surface area (Å²) in [6, 6.07) is 0. The molecular formula is C11H17N3O2S. The summed E-state index contributed by atoms with van der Waals surface area (Å²) in [5, 5.41) is 13.5. The minimum atomic E-state index is -1.04. The predicted octanol–water partition coefficient (Wildman–Crippen LogP) is 1.24. The molecule has 6 heteroatoms. The van der Waals surface area contributed by atoms with Gasteiger partial charge in [-0.2, -0.15) is 5.10 Å². The van der Waals surface area contributed by atoms with Crippen LogP contribution in [-0.2, 0) is 11.8 Å². The van der Waals surface area contributed by atoms with Crippen LogP contribution in [0.25, 0.3) is 0 Å². The molecule has 17 heavy (non-hydrogen) atoms. The lowest BCUT2D eigenvalue weighted by molar-refractivity contribution is -0.144. The van der Waals surface area contributed by atoms with Gasteiger partial charge in [0.05, 0.1) is 6.20 Å². The number of aromatic nitrogens is 2. The number of carbonyl (C=O) groups is 1. The number of nitrogens with two attached hydrogens (primary N) is 1. The first-order valence-electron chi connectivity index (χ1n) is 5.67. The Kier molecular flexibility index (Phi) is 3.44. The molecule has 5 nitrogen and oxygen atoms in total. The van der Waals surface area contributed by atoms with Crippen molar-refractivity contribution in [2.24, 2.45) is 12.8 Å². The SMILES string of the molecule is Cn1cc(SC2CCCC(N)(C(=O)O)C2)cn1. The lowest BCUT2D eigenvalue weighted by atomic mass is 9.82. The normalized spacial score (nSPS) is 29.2. The predicted molar refractivity (Wildman–Crippen MR) is 65.9 cm³/mol. The summed E-state index contributed by atoms with van der Waals surface area (Å²) in [6.45, 7) is 0. The molecule has 1 aromatic rings. The summed E-state index contributed by atoms with van der Waals surface area (Å²) in [7, 11) is 1.87. The van der Waals surface area contributed by atoms with Crippen LogP contribution < -0.4 is 5.73 Å². The average Bonchev–Trinajstić information content (AvgIpc) is 2.64. The van der Waals surface area contributed by atoms with Crippen molar-refractivity contribution in [1.29, 1.82) is 0 Å². The minimum absolute atomic E-state index is 0.272. The van der Waals surface area contributed by atoms with Crippen LogP contribution in [-0.4, -0.2) is 31.6 Å². The van der Waals surface area contributed by atoms with Gasteiger partial charge in [0.25, 0.3) is 0 Å². The highest BCUT2D eigenvalue weighted by molar-refractivity contribution is 8.00. The molecule has 1 heterocycles. The number of carboxylic acid groups (broad SMARTS) is 1. The Morgan fingerprint density at radius 3 is 3.12 bits per heavy atom. The molecule has 0 amide bonds. The Morgan fingerprint density at radius 2 is 2.53 bits per heavy atom. The van der Waals surface area contributed by atoms with Crippen LogP contribution in [0, 0.1) is 0 Å². The van der Waals surface area contributed by atoms with E-state index in [0.29, 0.717) is 12.8 Å². The maximum atomic E-state index is 11.1. The van der Waals surface area contributed by atoms with E-state index in [1.165, 1.54) is 0 Å². The van der Waals surface area contributed by atoms with Crippen molar-refractivity contribution in [3.63, 3.8) is 0 Å². The number of rotatable bonds is 3. The molecule has 0 bridgehead atoms. The van der Waals surface area contributed by atoms with Gasteiger partial charge in [0, 0.05) is 23.4 Å². The van der Waals surface area contributed by atoms with Crippen molar-refractivity contribution < 1.29 is 9.90 Å². The number of carboxylic acids is 1. The summed E-state index contributed by atoms with van der Waals surface area (Å²) in [4.78, 5) is 12.2. The van der Waals surface area contributed by atoms with Crippen molar-refractivity contribution in [3.05, 3.63) is 12.4 Å². The Balaban J connectivity index is 2.00. The second kappa shape index (κ2) is 4.70. The van der Waals surface area contributed by atoms with Crippen LogP contribution in [0.1, 0.15) is 25.7 Å². The van der Waals surface area contributed by atoms with E-state index >= 15 is 0 Å².